The van der Waals surface area contributed by atoms with E-state index in [1.807, 2.05) is 60.7 Å². The van der Waals surface area contributed by atoms with Crippen LogP contribution in [0, 0.1) is 0 Å². The lowest BCUT2D eigenvalue weighted by atomic mass is 10.3. The van der Waals surface area contributed by atoms with Gasteiger partial charge < -0.3 is 19.9 Å². The van der Waals surface area contributed by atoms with Gasteiger partial charge in [-0.2, -0.15) is 4.98 Å². The number of rotatable bonds is 6. The van der Waals surface area contributed by atoms with E-state index in [9.17, 15) is 4.79 Å². The van der Waals surface area contributed by atoms with E-state index < -0.39 is 0 Å². The number of carbonyl (C=O) groups is 1. The summed E-state index contributed by atoms with van der Waals surface area (Å²) in [5, 5.41) is 3.25. The van der Waals surface area contributed by atoms with Gasteiger partial charge in [-0.15, -0.1) is 0 Å². The number of piperazine rings is 1. The molecular weight excluding hydrogens is 354 g/mol. The highest BCUT2D eigenvalue weighted by Gasteiger charge is 2.17. The van der Waals surface area contributed by atoms with Gasteiger partial charge in [0.15, 0.2) is 5.75 Å². The molecule has 4 rings (SSSR count). The highest BCUT2D eigenvalue weighted by atomic mass is 16.5. The second-order valence-electron chi connectivity index (χ2n) is 6.40. The minimum absolute atomic E-state index is 0.499. The van der Waals surface area contributed by atoms with Crippen LogP contribution in [-0.4, -0.2) is 47.5 Å². The topological polar surface area (TPSA) is 70.6 Å². The first kappa shape index (κ1) is 17.8. The lowest BCUT2D eigenvalue weighted by Gasteiger charge is -2.33. The summed E-state index contributed by atoms with van der Waals surface area (Å²) in [4.78, 5) is 23.8. The predicted molar refractivity (Wildman–Crippen MR) is 108 cm³/mol. The summed E-state index contributed by atoms with van der Waals surface area (Å²) >= 11 is 0. The molecule has 2 aromatic carbocycles. The van der Waals surface area contributed by atoms with E-state index in [-0.39, 0.29) is 0 Å². The summed E-state index contributed by atoms with van der Waals surface area (Å²) in [6.07, 6.45) is 2.63. The van der Waals surface area contributed by atoms with Crippen LogP contribution < -0.4 is 15.0 Å². The molecule has 0 spiro atoms. The van der Waals surface area contributed by atoms with Gasteiger partial charge >= 0.3 is 0 Å². The summed E-state index contributed by atoms with van der Waals surface area (Å²) in [5.74, 6) is 2.80. The van der Waals surface area contributed by atoms with Crippen molar-refractivity contribution in [3.05, 3.63) is 66.9 Å². The molecule has 1 aromatic heterocycles. The Hall–Kier alpha value is -3.61. The van der Waals surface area contributed by atoms with Gasteiger partial charge in [0.25, 0.3) is 0 Å². The third kappa shape index (κ3) is 4.20. The van der Waals surface area contributed by atoms with Gasteiger partial charge in [-0.05, 0) is 30.3 Å². The molecule has 0 bridgehead atoms. The summed E-state index contributed by atoms with van der Waals surface area (Å²) in [6.45, 7) is 2.90. The molecule has 1 saturated heterocycles. The minimum Gasteiger partial charge on any atom is -0.455 e. The zero-order chi connectivity index (χ0) is 19.2. The largest absolute Gasteiger partial charge is 0.455 e. The van der Waals surface area contributed by atoms with Crippen molar-refractivity contribution in [2.45, 2.75) is 0 Å². The average molecular weight is 375 g/mol. The van der Waals surface area contributed by atoms with Gasteiger partial charge in [-0.25, -0.2) is 4.98 Å². The highest BCUT2D eigenvalue weighted by molar-refractivity contribution is 5.64. The quantitative estimate of drug-likeness (QED) is 0.667. The molecule has 7 heteroatoms. The average Bonchev–Trinajstić information content (AvgIpc) is 2.76. The Labute approximate surface area is 163 Å². The first-order valence-corrected chi connectivity index (χ1v) is 9.18. The zero-order valence-corrected chi connectivity index (χ0v) is 15.4. The number of ether oxygens (including phenoxy) is 1. The van der Waals surface area contributed by atoms with Crippen molar-refractivity contribution in [3.8, 4) is 11.5 Å². The van der Waals surface area contributed by atoms with Crippen LogP contribution in [0.25, 0.3) is 0 Å². The molecule has 0 unspecified atom stereocenters. The fourth-order valence-electron chi connectivity index (χ4n) is 3.04. The van der Waals surface area contributed by atoms with Crippen molar-refractivity contribution in [1.29, 1.82) is 0 Å². The van der Waals surface area contributed by atoms with Crippen molar-refractivity contribution in [2.75, 3.05) is 36.4 Å². The number of benzene rings is 2. The van der Waals surface area contributed by atoms with Crippen molar-refractivity contribution in [1.82, 2.24) is 14.9 Å². The molecule has 0 aliphatic carbocycles. The molecular formula is C21H21N5O2. The molecule has 142 valence electrons. The second-order valence-corrected chi connectivity index (χ2v) is 6.40. The number of carbonyl (C=O) groups excluding carboxylic acids is 1. The third-order valence-corrected chi connectivity index (χ3v) is 4.53. The smallest absolute Gasteiger partial charge is 0.229 e. The lowest BCUT2D eigenvalue weighted by Crippen LogP contribution is -2.46. The number of anilines is 3. The van der Waals surface area contributed by atoms with E-state index in [2.05, 4.69) is 20.2 Å². The summed E-state index contributed by atoms with van der Waals surface area (Å²) in [6, 6.07) is 19.2. The number of nitrogens with zero attached hydrogens (tertiary/aromatic N) is 4. The maximum absolute atomic E-state index is 10.9. The van der Waals surface area contributed by atoms with Crippen LogP contribution in [0.2, 0.25) is 0 Å². The molecule has 28 heavy (non-hydrogen) atoms. The van der Waals surface area contributed by atoms with Gasteiger partial charge in [0.1, 0.15) is 11.6 Å². The predicted octanol–water partition coefficient (Wildman–Crippen LogP) is 3.29. The molecule has 1 aliphatic heterocycles. The Morgan fingerprint density at radius 3 is 2.46 bits per heavy atom. The molecule has 1 fully saturated rings. The monoisotopic (exact) mass is 375 g/mol. The Kier molecular flexibility index (Phi) is 5.33. The van der Waals surface area contributed by atoms with Crippen LogP contribution in [0.3, 0.4) is 0 Å². The van der Waals surface area contributed by atoms with Crippen molar-refractivity contribution >= 4 is 23.9 Å². The van der Waals surface area contributed by atoms with E-state index in [0.29, 0.717) is 24.8 Å². The number of amides is 1. The van der Waals surface area contributed by atoms with Gasteiger partial charge in [-0.3, -0.25) is 4.79 Å². The normalized spacial score (nSPS) is 13.9. The maximum atomic E-state index is 10.9. The molecule has 0 saturated carbocycles. The lowest BCUT2D eigenvalue weighted by molar-refractivity contribution is -0.118. The van der Waals surface area contributed by atoms with Crippen LogP contribution in [0.1, 0.15) is 0 Å². The van der Waals surface area contributed by atoms with E-state index in [1.165, 1.54) is 0 Å². The number of hydrogen-bond acceptors (Lipinski definition) is 6. The van der Waals surface area contributed by atoms with Gasteiger partial charge in [0.2, 0.25) is 12.4 Å². The summed E-state index contributed by atoms with van der Waals surface area (Å²) in [7, 11) is 0. The molecule has 3 aromatic rings. The minimum atomic E-state index is 0.499. The number of nitrogens with one attached hydrogen (secondary N) is 1. The number of aromatic nitrogens is 2. The third-order valence-electron chi connectivity index (χ3n) is 4.53. The Morgan fingerprint density at radius 1 is 0.929 bits per heavy atom. The fraction of sp³-hybridized carbons (Fsp3) is 0.190. The molecule has 0 radical (unpaired) electrons. The van der Waals surface area contributed by atoms with Crippen molar-refractivity contribution in [2.24, 2.45) is 0 Å². The van der Waals surface area contributed by atoms with Crippen LogP contribution in [-0.2, 0) is 4.79 Å². The van der Waals surface area contributed by atoms with Crippen LogP contribution in [0.15, 0.2) is 66.9 Å². The van der Waals surface area contributed by atoms with Crippen molar-refractivity contribution < 1.29 is 9.53 Å². The summed E-state index contributed by atoms with van der Waals surface area (Å²) < 4.78 is 5.99. The van der Waals surface area contributed by atoms with E-state index in [1.54, 1.807) is 11.1 Å². The van der Waals surface area contributed by atoms with Crippen LogP contribution in [0.4, 0.5) is 17.5 Å². The molecule has 1 N–H and O–H groups in total. The van der Waals surface area contributed by atoms with Gasteiger partial charge in [0.05, 0.1) is 5.69 Å². The van der Waals surface area contributed by atoms with Gasteiger partial charge in [0, 0.05) is 32.4 Å². The first-order valence-electron chi connectivity index (χ1n) is 9.18. The van der Waals surface area contributed by atoms with Crippen LogP contribution >= 0.6 is 0 Å². The van der Waals surface area contributed by atoms with Crippen molar-refractivity contribution in [3.63, 3.8) is 0 Å². The Morgan fingerprint density at radius 2 is 1.68 bits per heavy atom. The second kappa shape index (κ2) is 8.39. The molecule has 7 nitrogen and oxygen atoms in total. The summed E-state index contributed by atoms with van der Waals surface area (Å²) in [5.41, 5.74) is 0.786. The molecule has 2 heterocycles. The Bertz CT molecular complexity index is 927. The van der Waals surface area contributed by atoms with Gasteiger partial charge in [-0.1, -0.05) is 30.3 Å². The maximum Gasteiger partial charge on any atom is 0.229 e. The standard InChI is InChI=1S/C21H21N5O2/c27-16-25-12-14-26(15-13-25)20-10-11-22-21(24-20)23-18-8-4-5-9-19(18)28-17-6-2-1-3-7-17/h1-11,16H,12-15H2,(H,22,23,24). The fourth-order valence-corrected chi connectivity index (χ4v) is 3.04. The van der Waals surface area contributed by atoms with Crippen LogP contribution in [0.5, 0.6) is 11.5 Å². The van der Waals surface area contributed by atoms with E-state index in [4.69, 9.17) is 4.74 Å². The first-order chi connectivity index (χ1) is 13.8. The highest BCUT2D eigenvalue weighted by Crippen LogP contribution is 2.30. The van der Waals surface area contributed by atoms with E-state index in [0.717, 1.165) is 36.8 Å². The van der Waals surface area contributed by atoms with E-state index >= 15 is 0 Å². The zero-order valence-electron chi connectivity index (χ0n) is 15.4. The molecule has 1 aliphatic rings. The molecule has 0 atom stereocenters. The SMILES string of the molecule is O=CN1CCN(c2ccnc(Nc3ccccc3Oc3ccccc3)n2)CC1. The molecule has 1 amide bonds. The number of hydrogen-bond donors (Lipinski definition) is 1. The Balaban J connectivity index is 1.50. The number of para-hydroxylation sites is 3.